The summed E-state index contributed by atoms with van der Waals surface area (Å²) < 4.78 is 11.3. The van der Waals surface area contributed by atoms with E-state index in [2.05, 4.69) is 0 Å². The Balaban J connectivity index is 3.99. The quantitative estimate of drug-likeness (QED) is 0.639. The van der Waals surface area contributed by atoms with Crippen molar-refractivity contribution in [1.82, 2.24) is 0 Å². The lowest BCUT2D eigenvalue weighted by atomic mass is 10.0. The number of hydrogen-bond acceptors (Lipinski definition) is 3. The van der Waals surface area contributed by atoms with Gasteiger partial charge in [-0.1, -0.05) is 6.92 Å². The zero-order valence-electron chi connectivity index (χ0n) is 9.35. The van der Waals surface area contributed by atoms with Crippen molar-refractivity contribution in [2.75, 3.05) is 11.5 Å². The molecule has 0 saturated heterocycles. The molecule has 0 radical (unpaired) electrons. The largest absolute Gasteiger partial charge is 0.481 e. The number of carbonyl (C=O) groups is 2. The van der Waals surface area contributed by atoms with Crippen LogP contribution in [-0.4, -0.2) is 37.9 Å². The van der Waals surface area contributed by atoms with Crippen LogP contribution >= 0.6 is 0 Å². The van der Waals surface area contributed by atoms with E-state index in [1.807, 2.05) is 6.92 Å². The molecule has 0 spiro atoms. The van der Waals surface area contributed by atoms with Crippen LogP contribution in [0.2, 0.25) is 0 Å². The molecular weight excluding hydrogens is 232 g/mol. The van der Waals surface area contributed by atoms with Gasteiger partial charge in [0, 0.05) is 28.7 Å². The lowest BCUT2D eigenvalue weighted by Gasteiger charge is -2.10. The summed E-state index contributed by atoms with van der Waals surface area (Å²) in [6, 6.07) is 0. The van der Waals surface area contributed by atoms with Gasteiger partial charge < -0.3 is 10.2 Å². The second kappa shape index (κ2) is 8.27. The van der Waals surface area contributed by atoms with Crippen LogP contribution in [0.1, 0.15) is 32.6 Å². The third-order valence-electron chi connectivity index (χ3n) is 2.18. The van der Waals surface area contributed by atoms with E-state index in [9.17, 15) is 13.8 Å². The second-order valence-electron chi connectivity index (χ2n) is 3.60. The lowest BCUT2D eigenvalue weighted by Crippen LogP contribution is -2.18. The number of carboxylic acids is 2. The predicted octanol–water partition coefficient (Wildman–Crippen LogP) is 1.10. The number of hydrogen-bond donors (Lipinski definition) is 2. The third kappa shape index (κ3) is 7.39. The maximum atomic E-state index is 11.3. The molecule has 0 heterocycles. The van der Waals surface area contributed by atoms with E-state index < -0.39 is 28.7 Å². The summed E-state index contributed by atoms with van der Waals surface area (Å²) >= 11 is 0. The standard InChI is InChI=1S/C10H18O5S/c1-2-6-16(15)7-5-8(10(13)14)3-4-9(11)12/h8H,2-7H2,1H3,(H,11,12)(H,13,14). The van der Waals surface area contributed by atoms with Gasteiger partial charge in [0.25, 0.3) is 0 Å². The van der Waals surface area contributed by atoms with E-state index in [4.69, 9.17) is 10.2 Å². The Morgan fingerprint density at radius 3 is 2.25 bits per heavy atom. The van der Waals surface area contributed by atoms with Gasteiger partial charge in [0.15, 0.2) is 0 Å². The number of rotatable bonds is 9. The Morgan fingerprint density at radius 1 is 1.19 bits per heavy atom. The average Bonchev–Trinajstić information content (AvgIpc) is 2.17. The zero-order valence-corrected chi connectivity index (χ0v) is 10.2. The third-order valence-corrected chi connectivity index (χ3v) is 3.74. The van der Waals surface area contributed by atoms with Crippen molar-refractivity contribution in [3.63, 3.8) is 0 Å². The van der Waals surface area contributed by atoms with Crippen molar-refractivity contribution >= 4 is 22.7 Å². The Bertz CT molecular complexity index is 264. The van der Waals surface area contributed by atoms with Crippen LogP contribution in [0.25, 0.3) is 0 Å². The van der Waals surface area contributed by atoms with E-state index in [0.717, 1.165) is 6.42 Å². The van der Waals surface area contributed by atoms with Crippen molar-refractivity contribution in [2.45, 2.75) is 32.6 Å². The molecule has 0 amide bonds. The second-order valence-corrected chi connectivity index (χ2v) is 5.30. The summed E-state index contributed by atoms with van der Waals surface area (Å²) in [7, 11) is -0.982. The zero-order chi connectivity index (χ0) is 12.6. The fourth-order valence-electron chi connectivity index (χ4n) is 1.29. The highest BCUT2D eigenvalue weighted by Gasteiger charge is 2.19. The normalized spacial score (nSPS) is 14.3. The molecule has 0 aromatic rings. The maximum absolute atomic E-state index is 11.3. The molecule has 0 fully saturated rings. The highest BCUT2D eigenvalue weighted by atomic mass is 32.2. The summed E-state index contributed by atoms with van der Waals surface area (Å²) in [6.07, 6.45) is 1.04. The fourth-order valence-corrected chi connectivity index (χ4v) is 2.50. The smallest absolute Gasteiger partial charge is 0.306 e. The molecule has 0 bridgehead atoms. The van der Waals surface area contributed by atoms with Crippen LogP contribution in [0.4, 0.5) is 0 Å². The predicted molar refractivity (Wildman–Crippen MR) is 60.8 cm³/mol. The van der Waals surface area contributed by atoms with Crippen LogP contribution in [0.15, 0.2) is 0 Å². The monoisotopic (exact) mass is 250 g/mol. The highest BCUT2D eigenvalue weighted by molar-refractivity contribution is 7.84. The Kier molecular flexibility index (Phi) is 7.80. The van der Waals surface area contributed by atoms with Gasteiger partial charge in [-0.25, -0.2) is 0 Å². The SMILES string of the molecule is CCCS(=O)CCC(CCC(=O)O)C(=O)O. The Labute approximate surface area is 97.3 Å². The summed E-state index contributed by atoms with van der Waals surface area (Å²) in [5.41, 5.74) is 0. The minimum Gasteiger partial charge on any atom is -0.481 e. The summed E-state index contributed by atoms with van der Waals surface area (Å²) in [6.45, 7) is 1.91. The lowest BCUT2D eigenvalue weighted by molar-refractivity contribution is -0.143. The molecule has 2 atom stereocenters. The number of carboxylic acid groups (broad SMARTS) is 2. The molecule has 0 aromatic carbocycles. The fraction of sp³-hybridized carbons (Fsp3) is 0.800. The molecule has 0 aliphatic carbocycles. The van der Waals surface area contributed by atoms with Gasteiger partial charge in [0.2, 0.25) is 0 Å². The molecule has 2 unspecified atom stereocenters. The van der Waals surface area contributed by atoms with E-state index in [1.165, 1.54) is 0 Å². The first-order valence-corrected chi connectivity index (χ1v) is 6.75. The molecule has 0 aliphatic heterocycles. The molecule has 0 aliphatic rings. The van der Waals surface area contributed by atoms with Crippen LogP contribution in [-0.2, 0) is 20.4 Å². The van der Waals surface area contributed by atoms with Crippen molar-refractivity contribution in [2.24, 2.45) is 5.92 Å². The molecule has 2 N–H and O–H groups in total. The van der Waals surface area contributed by atoms with E-state index in [0.29, 0.717) is 11.5 Å². The van der Waals surface area contributed by atoms with Gasteiger partial charge in [0.05, 0.1) is 5.92 Å². The summed E-state index contributed by atoms with van der Waals surface area (Å²) in [4.78, 5) is 21.1. The van der Waals surface area contributed by atoms with Crippen molar-refractivity contribution < 1.29 is 24.0 Å². The Hall–Kier alpha value is -0.910. The molecule has 0 saturated carbocycles. The van der Waals surface area contributed by atoms with Crippen LogP contribution in [0, 0.1) is 5.92 Å². The molecule has 0 rings (SSSR count). The molecule has 6 heteroatoms. The van der Waals surface area contributed by atoms with E-state index in [-0.39, 0.29) is 19.3 Å². The van der Waals surface area contributed by atoms with Crippen molar-refractivity contribution in [3.8, 4) is 0 Å². The van der Waals surface area contributed by atoms with E-state index >= 15 is 0 Å². The first kappa shape index (κ1) is 15.1. The van der Waals surface area contributed by atoms with Gasteiger partial charge in [0.1, 0.15) is 0 Å². The molecule has 16 heavy (non-hydrogen) atoms. The van der Waals surface area contributed by atoms with Crippen LogP contribution in [0.5, 0.6) is 0 Å². The maximum Gasteiger partial charge on any atom is 0.306 e. The van der Waals surface area contributed by atoms with Gasteiger partial charge in [-0.15, -0.1) is 0 Å². The molecular formula is C10H18O5S. The van der Waals surface area contributed by atoms with Gasteiger partial charge in [-0.2, -0.15) is 0 Å². The number of aliphatic carboxylic acids is 2. The Morgan fingerprint density at radius 2 is 1.81 bits per heavy atom. The van der Waals surface area contributed by atoms with Crippen molar-refractivity contribution in [1.29, 1.82) is 0 Å². The van der Waals surface area contributed by atoms with E-state index in [1.54, 1.807) is 0 Å². The average molecular weight is 250 g/mol. The first-order valence-electron chi connectivity index (χ1n) is 5.27. The van der Waals surface area contributed by atoms with Gasteiger partial charge >= 0.3 is 11.9 Å². The van der Waals surface area contributed by atoms with Gasteiger partial charge in [-0.05, 0) is 19.3 Å². The van der Waals surface area contributed by atoms with Crippen molar-refractivity contribution in [3.05, 3.63) is 0 Å². The minimum absolute atomic E-state index is 0.105. The highest BCUT2D eigenvalue weighted by Crippen LogP contribution is 2.12. The first-order chi connectivity index (χ1) is 7.47. The molecule has 94 valence electrons. The molecule has 0 aromatic heterocycles. The van der Waals surface area contributed by atoms with Crippen LogP contribution in [0.3, 0.4) is 0 Å². The summed E-state index contributed by atoms with van der Waals surface area (Å²) in [5.74, 6) is -1.79. The summed E-state index contributed by atoms with van der Waals surface area (Å²) in [5, 5.41) is 17.3. The van der Waals surface area contributed by atoms with Crippen LogP contribution < -0.4 is 0 Å². The van der Waals surface area contributed by atoms with Gasteiger partial charge in [-0.3, -0.25) is 13.8 Å². The molecule has 5 nitrogen and oxygen atoms in total. The minimum atomic E-state index is -1.00. The topological polar surface area (TPSA) is 91.7 Å².